The van der Waals surface area contributed by atoms with Crippen molar-refractivity contribution in [2.24, 2.45) is 5.73 Å². The van der Waals surface area contributed by atoms with Crippen LogP contribution >= 0.6 is 0 Å². The van der Waals surface area contributed by atoms with Gasteiger partial charge in [0, 0.05) is 23.5 Å². The van der Waals surface area contributed by atoms with Crippen LogP contribution < -0.4 is 16.0 Å². The zero-order valence-corrected chi connectivity index (χ0v) is 15.9. The number of carbonyl (C=O) groups excluding carboxylic acids is 3. The molecule has 1 saturated heterocycles. The summed E-state index contributed by atoms with van der Waals surface area (Å²) in [6, 6.07) is 9.48. The summed E-state index contributed by atoms with van der Waals surface area (Å²) < 4.78 is 43.5. The van der Waals surface area contributed by atoms with Crippen LogP contribution in [0.4, 0.5) is 24.5 Å². The van der Waals surface area contributed by atoms with Crippen molar-refractivity contribution in [2.45, 2.75) is 18.4 Å². The minimum Gasteiger partial charge on any atom is -0.380 e. The lowest BCUT2D eigenvalue weighted by molar-refractivity contribution is -0.150. The molecule has 4 N–H and O–H groups in total. The SMILES string of the molecule is NC(=O)c1ccc(NC(=O)[C@H](O)[C@H]2OCCN(c3ccc(C(F)(F)F)cc3)C2=O)cc1. The third-order valence-electron chi connectivity index (χ3n) is 4.62. The van der Waals surface area contributed by atoms with E-state index in [1.54, 1.807) is 0 Å². The van der Waals surface area contributed by atoms with Gasteiger partial charge in [-0.25, -0.2) is 0 Å². The minimum atomic E-state index is -4.51. The number of nitrogens with zero attached hydrogens (tertiary/aromatic N) is 1. The van der Waals surface area contributed by atoms with Crippen LogP contribution in [0.5, 0.6) is 0 Å². The van der Waals surface area contributed by atoms with Gasteiger partial charge in [-0.05, 0) is 48.5 Å². The second-order valence-electron chi connectivity index (χ2n) is 6.70. The maximum absolute atomic E-state index is 12.7. The number of ether oxygens (including phenoxy) is 1. The van der Waals surface area contributed by atoms with E-state index in [4.69, 9.17) is 10.5 Å². The number of nitrogens with one attached hydrogen (secondary N) is 1. The van der Waals surface area contributed by atoms with Crippen LogP contribution in [0.15, 0.2) is 48.5 Å². The summed E-state index contributed by atoms with van der Waals surface area (Å²) >= 11 is 0. The van der Waals surface area contributed by atoms with E-state index in [2.05, 4.69) is 5.32 Å². The monoisotopic (exact) mass is 437 g/mol. The largest absolute Gasteiger partial charge is 0.416 e. The molecular formula is C20H18F3N3O5. The molecule has 31 heavy (non-hydrogen) atoms. The van der Waals surface area contributed by atoms with Crippen LogP contribution in [0.2, 0.25) is 0 Å². The number of aliphatic hydroxyl groups excluding tert-OH is 1. The molecule has 3 amide bonds. The van der Waals surface area contributed by atoms with Crippen LogP contribution in [0.3, 0.4) is 0 Å². The van der Waals surface area contributed by atoms with Crippen molar-refractivity contribution in [2.75, 3.05) is 23.4 Å². The van der Waals surface area contributed by atoms with E-state index in [9.17, 15) is 32.7 Å². The Morgan fingerprint density at radius 3 is 2.29 bits per heavy atom. The molecule has 164 valence electrons. The number of halogens is 3. The second-order valence-corrected chi connectivity index (χ2v) is 6.70. The number of carbonyl (C=O) groups is 3. The topological polar surface area (TPSA) is 122 Å². The van der Waals surface area contributed by atoms with Crippen LogP contribution in [0, 0.1) is 0 Å². The lowest BCUT2D eigenvalue weighted by Gasteiger charge is -2.34. The predicted molar refractivity (Wildman–Crippen MR) is 103 cm³/mol. The maximum Gasteiger partial charge on any atom is 0.416 e. The highest BCUT2D eigenvalue weighted by atomic mass is 19.4. The van der Waals surface area contributed by atoms with Crippen molar-refractivity contribution < 1.29 is 37.4 Å². The lowest BCUT2D eigenvalue weighted by Crippen LogP contribution is -2.55. The molecule has 3 rings (SSSR count). The van der Waals surface area contributed by atoms with E-state index in [0.29, 0.717) is 0 Å². The van der Waals surface area contributed by atoms with E-state index in [0.717, 1.165) is 29.2 Å². The maximum atomic E-state index is 12.7. The first-order chi connectivity index (χ1) is 14.6. The Hall–Kier alpha value is -3.44. The van der Waals surface area contributed by atoms with Gasteiger partial charge >= 0.3 is 6.18 Å². The van der Waals surface area contributed by atoms with Gasteiger partial charge in [0.05, 0.1) is 12.2 Å². The molecule has 1 fully saturated rings. The van der Waals surface area contributed by atoms with Crippen molar-refractivity contribution in [3.05, 3.63) is 59.7 Å². The number of rotatable bonds is 5. The Morgan fingerprint density at radius 2 is 1.74 bits per heavy atom. The van der Waals surface area contributed by atoms with Gasteiger partial charge in [-0.3, -0.25) is 14.4 Å². The lowest BCUT2D eigenvalue weighted by atomic mass is 10.1. The fourth-order valence-corrected chi connectivity index (χ4v) is 2.99. The van der Waals surface area contributed by atoms with Gasteiger partial charge in [0.2, 0.25) is 5.91 Å². The molecule has 1 aliphatic heterocycles. The van der Waals surface area contributed by atoms with Crippen LogP contribution in [-0.4, -0.2) is 48.2 Å². The summed E-state index contributed by atoms with van der Waals surface area (Å²) in [7, 11) is 0. The Kier molecular flexibility index (Phi) is 6.27. The molecule has 2 aromatic rings. The molecular weight excluding hydrogens is 419 g/mol. The summed E-state index contributed by atoms with van der Waals surface area (Å²) in [5, 5.41) is 12.7. The first-order valence-electron chi connectivity index (χ1n) is 9.07. The number of benzene rings is 2. The number of amides is 3. The summed E-state index contributed by atoms with van der Waals surface area (Å²) in [6.07, 6.45) is -7.93. The first-order valence-corrected chi connectivity index (χ1v) is 9.07. The summed E-state index contributed by atoms with van der Waals surface area (Å²) in [6.45, 7) is 0.0126. The molecule has 0 bridgehead atoms. The summed E-state index contributed by atoms with van der Waals surface area (Å²) in [4.78, 5) is 37.3. The van der Waals surface area contributed by atoms with Gasteiger partial charge in [-0.1, -0.05) is 0 Å². The standard InChI is InChI=1S/C20H18F3N3O5/c21-20(22,23)12-3-7-14(8-4-12)26-9-10-31-16(19(26)30)15(27)18(29)25-13-5-1-11(2-6-13)17(24)28/h1-8,15-16,27H,9-10H2,(H2,24,28)(H,25,29)/t15-,16-/m1/s1. The van der Waals surface area contributed by atoms with E-state index in [-0.39, 0.29) is 30.1 Å². The number of morpholine rings is 1. The van der Waals surface area contributed by atoms with E-state index in [1.807, 2.05) is 0 Å². The van der Waals surface area contributed by atoms with Gasteiger partial charge in [0.1, 0.15) is 0 Å². The minimum absolute atomic E-state index is 0.0327. The van der Waals surface area contributed by atoms with Gasteiger partial charge in [0.25, 0.3) is 11.8 Å². The number of aliphatic hydroxyl groups is 1. The van der Waals surface area contributed by atoms with Gasteiger partial charge in [-0.2, -0.15) is 13.2 Å². The molecule has 1 heterocycles. The van der Waals surface area contributed by atoms with Crippen molar-refractivity contribution in [1.29, 1.82) is 0 Å². The number of hydrogen-bond acceptors (Lipinski definition) is 5. The van der Waals surface area contributed by atoms with Gasteiger partial charge < -0.3 is 25.8 Å². The van der Waals surface area contributed by atoms with Crippen LogP contribution in [0.1, 0.15) is 15.9 Å². The molecule has 11 heteroatoms. The van der Waals surface area contributed by atoms with Crippen LogP contribution in [0.25, 0.3) is 0 Å². The Balaban J connectivity index is 1.69. The number of primary amides is 1. The Morgan fingerprint density at radius 1 is 1.13 bits per heavy atom. The molecule has 1 aliphatic rings. The van der Waals surface area contributed by atoms with Crippen LogP contribution in [-0.2, 0) is 20.5 Å². The number of anilines is 2. The molecule has 0 unspecified atom stereocenters. The molecule has 0 spiro atoms. The highest BCUT2D eigenvalue weighted by molar-refractivity contribution is 6.04. The average molecular weight is 437 g/mol. The third-order valence-corrected chi connectivity index (χ3v) is 4.62. The van der Waals surface area contributed by atoms with E-state index < -0.39 is 41.7 Å². The van der Waals surface area contributed by atoms with Crippen molar-refractivity contribution in [3.63, 3.8) is 0 Å². The van der Waals surface area contributed by atoms with Crippen molar-refractivity contribution in [3.8, 4) is 0 Å². The van der Waals surface area contributed by atoms with Gasteiger partial charge in [-0.15, -0.1) is 0 Å². The Labute approximate surface area is 174 Å². The molecule has 0 saturated carbocycles. The van der Waals surface area contributed by atoms with Gasteiger partial charge in [0.15, 0.2) is 12.2 Å². The average Bonchev–Trinajstić information content (AvgIpc) is 2.73. The molecule has 0 aliphatic carbocycles. The van der Waals surface area contributed by atoms with Crippen molar-refractivity contribution >= 4 is 29.1 Å². The molecule has 0 radical (unpaired) electrons. The number of alkyl halides is 3. The number of hydrogen-bond donors (Lipinski definition) is 3. The highest BCUT2D eigenvalue weighted by Gasteiger charge is 2.39. The summed E-state index contributed by atoms with van der Waals surface area (Å²) in [5.41, 5.74) is 4.92. The van der Waals surface area contributed by atoms with E-state index in [1.165, 1.54) is 24.3 Å². The molecule has 2 aromatic carbocycles. The highest BCUT2D eigenvalue weighted by Crippen LogP contribution is 2.31. The zero-order valence-electron chi connectivity index (χ0n) is 15.9. The fraction of sp³-hybridized carbons (Fsp3) is 0.250. The Bertz CT molecular complexity index is 977. The zero-order chi connectivity index (χ0) is 22.8. The quantitative estimate of drug-likeness (QED) is 0.655. The molecule has 2 atom stereocenters. The molecule has 0 aromatic heterocycles. The smallest absolute Gasteiger partial charge is 0.380 e. The fourth-order valence-electron chi connectivity index (χ4n) is 2.99. The summed E-state index contributed by atoms with van der Waals surface area (Å²) in [5.74, 6) is -2.35. The van der Waals surface area contributed by atoms with E-state index >= 15 is 0 Å². The third kappa shape index (κ3) is 5.01. The normalized spacial score (nSPS) is 17.9. The van der Waals surface area contributed by atoms with Crippen molar-refractivity contribution in [1.82, 2.24) is 0 Å². The first kappa shape index (κ1) is 22.2. The predicted octanol–water partition coefficient (Wildman–Crippen LogP) is 1.54. The molecule has 8 nitrogen and oxygen atoms in total. The number of nitrogens with two attached hydrogens (primary N) is 1. The second kappa shape index (κ2) is 8.74.